The SMILES string of the molecule is NS(=O)(=O)c1ccc(CCNC(=O)Cc2c[nH]c3cc(Cl)ccc23)cc1. The number of carbonyl (C=O) groups is 1. The van der Waals surface area contributed by atoms with E-state index >= 15 is 0 Å². The molecule has 1 amide bonds. The molecule has 1 heterocycles. The van der Waals surface area contributed by atoms with Crippen molar-refractivity contribution >= 4 is 38.4 Å². The van der Waals surface area contributed by atoms with E-state index in [1.165, 1.54) is 12.1 Å². The lowest BCUT2D eigenvalue weighted by Gasteiger charge is -2.06. The lowest BCUT2D eigenvalue weighted by molar-refractivity contribution is -0.120. The fourth-order valence-corrected chi connectivity index (χ4v) is 3.42. The summed E-state index contributed by atoms with van der Waals surface area (Å²) in [5, 5.41) is 9.55. The number of halogens is 1. The second kappa shape index (κ2) is 7.49. The molecule has 3 aromatic rings. The second-order valence-electron chi connectivity index (χ2n) is 5.97. The number of H-pyrrole nitrogens is 1. The summed E-state index contributed by atoms with van der Waals surface area (Å²) in [7, 11) is -3.68. The van der Waals surface area contributed by atoms with Crippen molar-refractivity contribution in [2.75, 3.05) is 6.54 Å². The van der Waals surface area contributed by atoms with Crippen molar-refractivity contribution in [1.29, 1.82) is 0 Å². The fourth-order valence-electron chi connectivity index (χ4n) is 2.73. The Morgan fingerprint density at radius 3 is 2.58 bits per heavy atom. The van der Waals surface area contributed by atoms with Gasteiger partial charge in [-0.2, -0.15) is 0 Å². The van der Waals surface area contributed by atoms with Crippen LogP contribution in [-0.4, -0.2) is 25.9 Å². The van der Waals surface area contributed by atoms with Crippen LogP contribution in [0.4, 0.5) is 0 Å². The Morgan fingerprint density at radius 1 is 1.15 bits per heavy atom. The Balaban J connectivity index is 1.54. The molecule has 0 aliphatic heterocycles. The maximum Gasteiger partial charge on any atom is 0.238 e. The molecule has 0 radical (unpaired) electrons. The summed E-state index contributed by atoms with van der Waals surface area (Å²) in [6.07, 6.45) is 2.68. The molecule has 0 spiro atoms. The first kappa shape index (κ1) is 18.4. The highest BCUT2D eigenvalue weighted by molar-refractivity contribution is 7.89. The van der Waals surface area contributed by atoms with Gasteiger partial charge in [0, 0.05) is 28.7 Å². The molecule has 1 aromatic heterocycles. The van der Waals surface area contributed by atoms with Crippen LogP contribution in [0.3, 0.4) is 0 Å². The van der Waals surface area contributed by atoms with Gasteiger partial charge in [0.1, 0.15) is 0 Å². The van der Waals surface area contributed by atoms with Gasteiger partial charge in [0.25, 0.3) is 0 Å². The van der Waals surface area contributed by atoms with Crippen molar-refractivity contribution in [1.82, 2.24) is 10.3 Å². The maximum atomic E-state index is 12.1. The van der Waals surface area contributed by atoms with Crippen molar-refractivity contribution in [3.05, 3.63) is 64.8 Å². The molecule has 26 heavy (non-hydrogen) atoms. The lowest BCUT2D eigenvalue weighted by atomic mass is 10.1. The molecule has 0 aliphatic rings. The van der Waals surface area contributed by atoms with E-state index in [0.29, 0.717) is 18.0 Å². The molecular weight excluding hydrogens is 374 g/mol. The minimum atomic E-state index is -3.68. The van der Waals surface area contributed by atoms with Gasteiger partial charge in [0.2, 0.25) is 15.9 Å². The number of hydrogen-bond donors (Lipinski definition) is 3. The average molecular weight is 392 g/mol. The van der Waals surface area contributed by atoms with Gasteiger partial charge in [-0.05, 0) is 41.8 Å². The van der Waals surface area contributed by atoms with Crippen molar-refractivity contribution < 1.29 is 13.2 Å². The summed E-state index contributed by atoms with van der Waals surface area (Å²) in [6, 6.07) is 11.8. The fraction of sp³-hybridized carbons (Fsp3) is 0.167. The number of primary sulfonamides is 1. The van der Waals surface area contributed by atoms with E-state index in [1.54, 1.807) is 18.2 Å². The van der Waals surface area contributed by atoms with Crippen LogP contribution in [-0.2, 0) is 27.7 Å². The van der Waals surface area contributed by atoms with E-state index in [1.807, 2.05) is 18.3 Å². The number of nitrogens with one attached hydrogen (secondary N) is 2. The summed E-state index contributed by atoms with van der Waals surface area (Å²) in [6.45, 7) is 0.460. The monoisotopic (exact) mass is 391 g/mol. The average Bonchev–Trinajstić information content (AvgIpc) is 2.96. The number of fused-ring (bicyclic) bond motifs is 1. The lowest BCUT2D eigenvalue weighted by Crippen LogP contribution is -2.27. The first-order valence-electron chi connectivity index (χ1n) is 7.97. The predicted octanol–water partition coefficient (Wildman–Crippen LogP) is 2.37. The highest BCUT2D eigenvalue weighted by Crippen LogP contribution is 2.22. The van der Waals surface area contributed by atoms with E-state index in [-0.39, 0.29) is 17.2 Å². The predicted molar refractivity (Wildman–Crippen MR) is 102 cm³/mol. The third-order valence-corrected chi connectivity index (χ3v) is 5.23. The smallest absolute Gasteiger partial charge is 0.238 e. The van der Waals surface area contributed by atoms with E-state index < -0.39 is 10.0 Å². The van der Waals surface area contributed by atoms with Crippen LogP contribution in [0.25, 0.3) is 10.9 Å². The van der Waals surface area contributed by atoms with Crippen LogP contribution >= 0.6 is 11.6 Å². The van der Waals surface area contributed by atoms with Gasteiger partial charge in [-0.25, -0.2) is 13.6 Å². The Morgan fingerprint density at radius 2 is 1.88 bits per heavy atom. The molecule has 4 N–H and O–H groups in total. The van der Waals surface area contributed by atoms with Gasteiger partial charge >= 0.3 is 0 Å². The van der Waals surface area contributed by atoms with Crippen molar-refractivity contribution in [2.45, 2.75) is 17.7 Å². The van der Waals surface area contributed by atoms with Gasteiger partial charge < -0.3 is 10.3 Å². The minimum absolute atomic E-state index is 0.0738. The van der Waals surface area contributed by atoms with Gasteiger partial charge in [-0.1, -0.05) is 29.8 Å². The molecule has 3 rings (SSSR count). The van der Waals surface area contributed by atoms with E-state index in [4.69, 9.17) is 16.7 Å². The number of rotatable bonds is 6. The topological polar surface area (TPSA) is 105 Å². The number of nitrogens with two attached hydrogens (primary N) is 1. The number of carbonyl (C=O) groups excluding carboxylic acids is 1. The van der Waals surface area contributed by atoms with Crippen LogP contribution in [0, 0.1) is 0 Å². The van der Waals surface area contributed by atoms with Crippen LogP contribution in [0.5, 0.6) is 0 Å². The van der Waals surface area contributed by atoms with Crippen molar-refractivity contribution in [3.63, 3.8) is 0 Å². The number of sulfonamides is 1. The van der Waals surface area contributed by atoms with E-state index in [2.05, 4.69) is 10.3 Å². The number of aromatic amines is 1. The van der Waals surface area contributed by atoms with Gasteiger partial charge in [0.05, 0.1) is 11.3 Å². The molecule has 0 bridgehead atoms. The number of amides is 1. The first-order chi connectivity index (χ1) is 12.3. The zero-order valence-electron chi connectivity index (χ0n) is 13.8. The zero-order chi connectivity index (χ0) is 18.7. The highest BCUT2D eigenvalue weighted by atomic mass is 35.5. The van der Waals surface area contributed by atoms with Gasteiger partial charge in [0.15, 0.2) is 0 Å². The third-order valence-electron chi connectivity index (χ3n) is 4.07. The molecule has 2 aromatic carbocycles. The molecule has 8 heteroatoms. The summed E-state index contributed by atoms with van der Waals surface area (Å²) >= 11 is 5.96. The molecule has 136 valence electrons. The Bertz CT molecular complexity index is 1040. The van der Waals surface area contributed by atoms with Crippen LogP contribution in [0.1, 0.15) is 11.1 Å². The van der Waals surface area contributed by atoms with Crippen LogP contribution in [0.2, 0.25) is 5.02 Å². The first-order valence-corrected chi connectivity index (χ1v) is 9.89. The van der Waals surface area contributed by atoms with E-state index in [9.17, 15) is 13.2 Å². The molecule has 0 aliphatic carbocycles. The van der Waals surface area contributed by atoms with Crippen molar-refractivity contribution in [3.8, 4) is 0 Å². The van der Waals surface area contributed by atoms with Crippen molar-refractivity contribution in [2.24, 2.45) is 5.14 Å². The summed E-state index contributed by atoms with van der Waals surface area (Å²) in [5.74, 6) is -0.0815. The number of aromatic nitrogens is 1. The van der Waals surface area contributed by atoms with E-state index in [0.717, 1.165) is 22.0 Å². The molecule has 0 atom stereocenters. The molecule has 0 unspecified atom stereocenters. The van der Waals surface area contributed by atoms with Gasteiger partial charge in [-0.3, -0.25) is 4.79 Å². The summed E-state index contributed by atoms with van der Waals surface area (Å²) in [4.78, 5) is 15.3. The van der Waals surface area contributed by atoms with Crippen LogP contribution < -0.4 is 10.5 Å². The molecule has 6 nitrogen and oxygen atoms in total. The summed E-state index contributed by atoms with van der Waals surface area (Å²) in [5.41, 5.74) is 2.72. The quantitative estimate of drug-likeness (QED) is 0.600. The third kappa shape index (κ3) is 4.43. The number of benzene rings is 2. The minimum Gasteiger partial charge on any atom is -0.361 e. The molecule has 0 saturated carbocycles. The largest absolute Gasteiger partial charge is 0.361 e. The highest BCUT2D eigenvalue weighted by Gasteiger charge is 2.10. The normalized spacial score (nSPS) is 11.6. The Kier molecular flexibility index (Phi) is 5.31. The molecule has 0 saturated heterocycles. The Hall–Kier alpha value is -2.35. The number of hydrogen-bond acceptors (Lipinski definition) is 3. The van der Waals surface area contributed by atoms with Crippen LogP contribution in [0.15, 0.2) is 53.6 Å². The summed E-state index contributed by atoms with van der Waals surface area (Å²) < 4.78 is 22.4. The maximum absolute atomic E-state index is 12.1. The van der Waals surface area contributed by atoms with Gasteiger partial charge in [-0.15, -0.1) is 0 Å². The molecular formula is C18H18ClN3O3S. The second-order valence-corrected chi connectivity index (χ2v) is 7.97. The zero-order valence-corrected chi connectivity index (χ0v) is 15.4. The molecule has 0 fully saturated rings. The Labute approximate surface area is 156 Å². The standard InChI is InChI=1S/C18H18ClN3O3S/c19-14-3-6-16-13(11-22-17(16)10-14)9-18(23)21-8-7-12-1-4-15(5-2-12)26(20,24)25/h1-6,10-11,22H,7-9H2,(H,21,23)(H2,20,24,25).